The van der Waals surface area contributed by atoms with E-state index < -0.39 is 16.1 Å². The molecule has 4 rings (SSSR count). The summed E-state index contributed by atoms with van der Waals surface area (Å²) < 4.78 is 25.2. The number of rotatable bonds is 5. The van der Waals surface area contributed by atoms with Gasteiger partial charge >= 0.3 is 0 Å². The molecule has 0 aliphatic heterocycles. The molecule has 9 heteroatoms. The normalized spacial score (nSPS) is 12.6. The molecule has 0 aliphatic carbocycles. The Bertz CT molecular complexity index is 1460. The van der Waals surface area contributed by atoms with E-state index in [4.69, 9.17) is 10.1 Å². The smallest absolute Gasteiger partial charge is 0.254 e. The molecular formula is C24H25N5O3S. The zero-order chi connectivity index (χ0) is 23.9. The molecule has 0 saturated carbocycles. The molecule has 33 heavy (non-hydrogen) atoms. The molecule has 2 N–H and O–H groups in total. The highest BCUT2D eigenvalue weighted by Gasteiger charge is 2.25. The zero-order valence-corrected chi connectivity index (χ0v) is 19.7. The van der Waals surface area contributed by atoms with Crippen LogP contribution in [0.25, 0.3) is 22.3 Å². The van der Waals surface area contributed by atoms with Crippen LogP contribution in [0.1, 0.15) is 34.6 Å². The fraction of sp³-hybridized carbons (Fsp3) is 0.208. The maximum absolute atomic E-state index is 13.7. The number of nitrogens with zero attached hydrogens (tertiary/aromatic N) is 4. The molecule has 1 atom stereocenters. The molecule has 0 fully saturated rings. The highest BCUT2D eigenvalue weighted by molar-refractivity contribution is 7.89. The van der Waals surface area contributed by atoms with Crippen LogP contribution in [0.2, 0.25) is 0 Å². The first-order valence-electron chi connectivity index (χ1n) is 10.4. The number of hydrogen-bond donors (Lipinski definition) is 1. The van der Waals surface area contributed by atoms with Gasteiger partial charge in [-0.3, -0.25) is 9.48 Å². The van der Waals surface area contributed by atoms with Crippen molar-refractivity contribution in [2.75, 3.05) is 7.05 Å². The van der Waals surface area contributed by atoms with Gasteiger partial charge in [0, 0.05) is 19.7 Å². The van der Waals surface area contributed by atoms with Gasteiger partial charge in [-0.05, 0) is 37.6 Å². The topological polar surface area (TPSA) is 111 Å². The fourth-order valence-electron chi connectivity index (χ4n) is 3.91. The summed E-state index contributed by atoms with van der Waals surface area (Å²) in [4.78, 5) is 20.1. The van der Waals surface area contributed by atoms with Crippen molar-refractivity contribution in [1.29, 1.82) is 0 Å². The van der Waals surface area contributed by atoms with Gasteiger partial charge in [-0.15, -0.1) is 0 Å². The number of nitrogens with two attached hydrogens (primary N) is 1. The van der Waals surface area contributed by atoms with E-state index in [2.05, 4.69) is 5.10 Å². The van der Waals surface area contributed by atoms with Crippen LogP contribution in [0.4, 0.5) is 0 Å². The van der Waals surface area contributed by atoms with Gasteiger partial charge in [0.15, 0.2) is 5.65 Å². The SMILES string of the molecule is Cc1nn(C)c2nc(-c3ccccc3)cc(C(=O)N(C)C(C)c3cccc(S(N)(=O)=O)c3)c12. The minimum atomic E-state index is -3.85. The van der Waals surface area contributed by atoms with Gasteiger partial charge in [-0.1, -0.05) is 42.5 Å². The standard InChI is InChI=1S/C24H25N5O3S/c1-15-22-20(14-21(17-9-6-5-7-10-17)26-23(22)29(4)27-15)24(30)28(3)16(2)18-11-8-12-19(13-18)33(25,31)32/h5-14,16H,1-4H3,(H2,25,31,32). The maximum Gasteiger partial charge on any atom is 0.254 e. The largest absolute Gasteiger partial charge is 0.335 e. The van der Waals surface area contributed by atoms with Gasteiger partial charge in [0.25, 0.3) is 5.91 Å². The van der Waals surface area contributed by atoms with E-state index in [0.29, 0.717) is 33.5 Å². The number of hydrogen-bond acceptors (Lipinski definition) is 5. The number of sulfonamides is 1. The second-order valence-corrected chi connectivity index (χ2v) is 9.60. The maximum atomic E-state index is 13.7. The van der Waals surface area contributed by atoms with Crippen LogP contribution in [0.3, 0.4) is 0 Å². The molecule has 0 bridgehead atoms. The predicted molar refractivity (Wildman–Crippen MR) is 127 cm³/mol. The lowest BCUT2D eigenvalue weighted by atomic mass is 10.0. The lowest BCUT2D eigenvalue weighted by molar-refractivity contribution is 0.0744. The quantitative estimate of drug-likeness (QED) is 0.487. The van der Waals surface area contributed by atoms with Crippen molar-refractivity contribution in [3.8, 4) is 11.3 Å². The lowest BCUT2D eigenvalue weighted by Crippen LogP contribution is -2.30. The van der Waals surface area contributed by atoms with Crippen molar-refractivity contribution >= 4 is 27.0 Å². The molecule has 0 aliphatic rings. The average molecular weight is 464 g/mol. The zero-order valence-electron chi connectivity index (χ0n) is 18.9. The van der Waals surface area contributed by atoms with Crippen molar-refractivity contribution in [3.05, 3.63) is 77.5 Å². The summed E-state index contributed by atoms with van der Waals surface area (Å²) in [5, 5.41) is 10.4. The Morgan fingerprint density at radius 3 is 2.45 bits per heavy atom. The molecule has 2 aromatic carbocycles. The first kappa shape index (κ1) is 22.6. The minimum Gasteiger partial charge on any atom is -0.335 e. The number of aryl methyl sites for hydroxylation is 2. The van der Waals surface area contributed by atoms with E-state index in [1.807, 2.05) is 44.2 Å². The van der Waals surface area contributed by atoms with Gasteiger partial charge in [-0.25, -0.2) is 18.5 Å². The van der Waals surface area contributed by atoms with Crippen LogP contribution < -0.4 is 5.14 Å². The molecule has 170 valence electrons. The number of fused-ring (bicyclic) bond motifs is 1. The van der Waals surface area contributed by atoms with E-state index in [1.165, 1.54) is 12.1 Å². The number of carbonyl (C=O) groups is 1. The van der Waals surface area contributed by atoms with Crippen LogP contribution >= 0.6 is 0 Å². The number of aromatic nitrogens is 3. The molecule has 4 aromatic rings. The molecule has 0 spiro atoms. The molecular weight excluding hydrogens is 438 g/mol. The first-order chi connectivity index (χ1) is 15.6. The van der Waals surface area contributed by atoms with Gasteiger partial charge in [0.2, 0.25) is 10.0 Å². The van der Waals surface area contributed by atoms with Crippen LogP contribution in [-0.2, 0) is 17.1 Å². The highest BCUT2D eigenvalue weighted by atomic mass is 32.2. The summed E-state index contributed by atoms with van der Waals surface area (Å²) in [6, 6.07) is 17.4. The Hall–Kier alpha value is -3.56. The third-order valence-corrected chi connectivity index (χ3v) is 6.75. The Morgan fingerprint density at radius 2 is 1.79 bits per heavy atom. The second kappa shape index (κ2) is 8.42. The fourth-order valence-corrected chi connectivity index (χ4v) is 4.48. The summed E-state index contributed by atoms with van der Waals surface area (Å²) in [6.45, 7) is 3.69. The van der Waals surface area contributed by atoms with Crippen LogP contribution in [-0.4, -0.2) is 41.0 Å². The van der Waals surface area contributed by atoms with Crippen molar-refractivity contribution < 1.29 is 13.2 Å². The Morgan fingerprint density at radius 1 is 1.09 bits per heavy atom. The molecule has 0 saturated heterocycles. The second-order valence-electron chi connectivity index (χ2n) is 8.04. The Balaban J connectivity index is 1.80. The number of benzene rings is 2. The summed E-state index contributed by atoms with van der Waals surface area (Å²) in [5.74, 6) is -0.218. The third kappa shape index (κ3) is 4.24. The van der Waals surface area contributed by atoms with Crippen LogP contribution in [0, 0.1) is 6.92 Å². The third-order valence-electron chi connectivity index (χ3n) is 5.84. The number of carbonyl (C=O) groups excluding carboxylic acids is 1. The molecule has 2 aromatic heterocycles. The number of amides is 1. The van der Waals surface area contributed by atoms with Gasteiger partial charge in [0.05, 0.1) is 33.3 Å². The van der Waals surface area contributed by atoms with E-state index in [-0.39, 0.29) is 10.8 Å². The van der Waals surface area contributed by atoms with Crippen molar-refractivity contribution in [3.63, 3.8) is 0 Å². The summed E-state index contributed by atoms with van der Waals surface area (Å²) in [6.07, 6.45) is 0. The van der Waals surface area contributed by atoms with E-state index in [1.54, 1.807) is 41.9 Å². The highest BCUT2D eigenvalue weighted by Crippen LogP contribution is 2.30. The molecule has 8 nitrogen and oxygen atoms in total. The number of primary sulfonamides is 1. The van der Waals surface area contributed by atoms with E-state index in [9.17, 15) is 13.2 Å². The minimum absolute atomic E-state index is 0.00784. The number of pyridine rings is 1. The van der Waals surface area contributed by atoms with Gasteiger partial charge in [0.1, 0.15) is 0 Å². The van der Waals surface area contributed by atoms with E-state index >= 15 is 0 Å². The predicted octanol–water partition coefficient (Wildman–Crippen LogP) is 3.42. The Kier molecular flexibility index (Phi) is 5.77. The lowest BCUT2D eigenvalue weighted by Gasteiger charge is -2.26. The summed E-state index contributed by atoms with van der Waals surface area (Å²) in [7, 11) is -0.354. The molecule has 2 heterocycles. The van der Waals surface area contributed by atoms with Crippen LogP contribution in [0.5, 0.6) is 0 Å². The van der Waals surface area contributed by atoms with E-state index in [0.717, 1.165) is 5.56 Å². The van der Waals surface area contributed by atoms with Gasteiger partial charge in [-0.2, -0.15) is 5.10 Å². The van der Waals surface area contributed by atoms with Crippen molar-refractivity contribution in [1.82, 2.24) is 19.7 Å². The summed E-state index contributed by atoms with van der Waals surface area (Å²) in [5.41, 5.74) is 4.04. The van der Waals surface area contributed by atoms with Crippen molar-refractivity contribution in [2.24, 2.45) is 12.2 Å². The summed E-state index contributed by atoms with van der Waals surface area (Å²) >= 11 is 0. The van der Waals surface area contributed by atoms with Crippen molar-refractivity contribution in [2.45, 2.75) is 24.8 Å². The molecule has 0 radical (unpaired) electrons. The van der Waals surface area contributed by atoms with Gasteiger partial charge < -0.3 is 4.90 Å². The molecule has 1 unspecified atom stereocenters. The Labute approximate surface area is 192 Å². The monoisotopic (exact) mass is 463 g/mol. The first-order valence-corrected chi connectivity index (χ1v) is 11.9. The van der Waals surface area contributed by atoms with Crippen LogP contribution in [0.15, 0.2) is 65.6 Å². The molecule has 1 amide bonds. The average Bonchev–Trinajstić information content (AvgIpc) is 3.10.